The van der Waals surface area contributed by atoms with Gasteiger partial charge in [-0.15, -0.1) is 0 Å². The Balaban J connectivity index is 1.43. The van der Waals surface area contributed by atoms with E-state index in [9.17, 15) is 14.4 Å². The number of benzene rings is 3. The van der Waals surface area contributed by atoms with Crippen LogP contribution >= 0.6 is 11.6 Å². The van der Waals surface area contributed by atoms with Crippen molar-refractivity contribution in [2.75, 3.05) is 5.32 Å². The van der Waals surface area contributed by atoms with Gasteiger partial charge in [-0.1, -0.05) is 59.6 Å². The monoisotopic (exact) mass is 446 g/mol. The molecule has 0 radical (unpaired) electrons. The van der Waals surface area contributed by atoms with Crippen molar-refractivity contribution >= 4 is 35.1 Å². The zero-order valence-corrected chi connectivity index (χ0v) is 17.9. The number of imide groups is 1. The molecule has 1 N–H and O–H groups in total. The third-order valence-electron chi connectivity index (χ3n) is 4.92. The summed E-state index contributed by atoms with van der Waals surface area (Å²) in [6, 6.07) is 22.7. The van der Waals surface area contributed by atoms with Crippen molar-refractivity contribution in [1.29, 1.82) is 0 Å². The molecule has 0 bridgehead atoms. The molecule has 0 atom stereocenters. The standard InChI is InChI=1S/C25H19ClN2O4/c1-16-7-13-20(14-8-16)32-25(31)18-9-11-19(12-10-18)27-22-21(26)23(29)28(24(22)30)15-17-5-3-2-4-6-17/h2-14,27H,15H2,1H3. The highest BCUT2D eigenvalue weighted by Crippen LogP contribution is 2.27. The minimum atomic E-state index is -0.554. The fourth-order valence-electron chi connectivity index (χ4n) is 3.17. The summed E-state index contributed by atoms with van der Waals surface area (Å²) in [7, 11) is 0. The predicted octanol–water partition coefficient (Wildman–Crippen LogP) is 4.65. The van der Waals surface area contributed by atoms with Crippen molar-refractivity contribution in [3.05, 3.63) is 106 Å². The van der Waals surface area contributed by atoms with Crippen molar-refractivity contribution in [3.63, 3.8) is 0 Å². The van der Waals surface area contributed by atoms with Gasteiger partial charge < -0.3 is 10.1 Å². The SMILES string of the molecule is Cc1ccc(OC(=O)c2ccc(NC3=C(Cl)C(=O)N(Cc4ccccc4)C3=O)cc2)cc1. The summed E-state index contributed by atoms with van der Waals surface area (Å²) in [5.41, 5.74) is 2.73. The van der Waals surface area contributed by atoms with Crippen molar-refractivity contribution in [2.24, 2.45) is 0 Å². The summed E-state index contributed by atoms with van der Waals surface area (Å²) >= 11 is 6.15. The predicted molar refractivity (Wildman–Crippen MR) is 121 cm³/mol. The molecule has 1 aliphatic heterocycles. The molecular formula is C25H19ClN2O4. The van der Waals surface area contributed by atoms with Gasteiger partial charge in [0.25, 0.3) is 11.8 Å². The maximum atomic E-state index is 12.8. The largest absolute Gasteiger partial charge is 0.423 e. The Labute approximate surface area is 190 Å². The molecule has 1 aliphatic rings. The maximum absolute atomic E-state index is 12.8. The minimum Gasteiger partial charge on any atom is -0.423 e. The molecule has 2 amide bonds. The summed E-state index contributed by atoms with van der Waals surface area (Å²) in [4.78, 5) is 38.7. The highest BCUT2D eigenvalue weighted by atomic mass is 35.5. The lowest BCUT2D eigenvalue weighted by Crippen LogP contribution is -2.31. The number of anilines is 1. The Morgan fingerprint density at radius 2 is 1.56 bits per heavy atom. The Kier molecular flexibility index (Phi) is 6.05. The summed E-state index contributed by atoms with van der Waals surface area (Å²) in [5, 5.41) is 2.72. The van der Waals surface area contributed by atoms with Crippen LogP contribution < -0.4 is 10.1 Å². The molecule has 32 heavy (non-hydrogen) atoms. The van der Waals surface area contributed by atoms with Gasteiger partial charge in [0.2, 0.25) is 0 Å². The molecule has 3 aromatic carbocycles. The van der Waals surface area contributed by atoms with Crippen molar-refractivity contribution in [3.8, 4) is 5.75 Å². The number of ether oxygens (including phenoxy) is 1. The molecule has 1 heterocycles. The summed E-state index contributed by atoms with van der Waals surface area (Å²) in [6.45, 7) is 2.08. The number of aryl methyl sites for hydroxylation is 1. The number of carbonyl (C=O) groups excluding carboxylic acids is 3. The van der Waals surface area contributed by atoms with Crippen molar-refractivity contribution in [2.45, 2.75) is 13.5 Å². The number of hydrogen-bond donors (Lipinski definition) is 1. The molecule has 0 saturated carbocycles. The zero-order valence-electron chi connectivity index (χ0n) is 17.2. The average Bonchev–Trinajstić information content (AvgIpc) is 3.00. The smallest absolute Gasteiger partial charge is 0.343 e. The first-order valence-electron chi connectivity index (χ1n) is 9.88. The highest BCUT2D eigenvalue weighted by Gasteiger charge is 2.37. The number of rotatable bonds is 6. The van der Waals surface area contributed by atoms with Gasteiger partial charge in [-0.05, 0) is 48.9 Å². The van der Waals surface area contributed by atoms with Gasteiger partial charge in [0, 0.05) is 5.69 Å². The number of hydrogen-bond acceptors (Lipinski definition) is 5. The van der Waals surface area contributed by atoms with Crippen LogP contribution in [0.2, 0.25) is 0 Å². The van der Waals surface area contributed by atoms with Gasteiger partial charge >= 0.3 is 5.97 Å². The first-order valence-corrected chi connectivity index (χ1v) is 10.3. The second kappa shape index (κ2) is 9.08. The molecule has 0 unspecified atom stereocenters. The maximum Gasteiger partial charge on any atom is 0.343 e. The van der Waals surface area contributed by atoms with Gasteiger partial charge in [-0.2, -0.15) is 0 Å². The number of nitrogens with zero attached hydrogens (tertiary/aromatic N) is 1. The van der Waals surface area contributed by atoms with E-state index < -0.39 is 17.8 Å². The zero-order chi connectivity index (χ0) is 22.7. The molecule has 0 saturated heterocycles. The second-order valence-corrected chi connectivity index (χ2v) is 7.65. The fraction of sp³-hybridized carbons (Fsp3) is 0.0800. The topological polar surface area (TPSA) is 75.7 Å². The van der Waals surface area contributed by atoms with Gasteiger partial charge in [-0.25, -0.2) is 4.79 Å². The molecule has 0 spiro atoms. The number of esters is 1. The molecule has 4 rings (SSSR count). The number of amides is 2. The van der Waals surface area contributed by atoms with Crippen LogP contribution in [0.5, 0.6) is 5.75 Å². The molecular weight excluding hydrogens is 428 g/mol. The average molecular weight is 447 g/mol. The first-order chi connectivity index (χ1) is 15.4. The van der Waals surface area contributed by atoms with Crippen LogP contribution in [0.4, 0.5) is 5.69 Å². The van der Waals surface area contributed by atoms with Crippen molar-refractivity contribution in [1.82, 2.24) is 4.90 Å². The minimum absolute atomic E-state index is 0.00239. The van der Waals surface area contributed by atoms with Gasteiger partial charge in [0.05, 0.1) is 12.1 Å². The quantitative estimate of drug-likeness (QED) is 0.339. The van der Waals surface area contributed by atoms with E-state index in [4.69, 9.17) is 16.3 Å². The van der Waals surface area contributed by atoms with Gasteiger partial charge in [0.1, 0.15) is 16.5 Å². The molecule has 3 aromatic rings. The molecule has 7 heteroatoms. The highest BCUT2D eigenvalue weighted by molar-refractivity contribution is 6.48. The van der Waals surface area contributed by atoms with Crippen LogP contribution in [-0.2, 0) is 16.1 Å². The third-order valence-corrected chi connectivity index (χ3v) is 5.27. The fourth-order valence-corrected chi connectivity index (χ4v) is 3.40. The van der Waals surface area contributed by atoms with E-state index in [2.05, 4.69) is 5.32 Å². The lowest BCUT2D eigenvalue weighted by Gasteiger charge is -2.15. The lowest BCUT2D eigenvalue weighted by atomic mass is 10.2. The number of carbonyl (C=O) groups is 3. The Hall–Kier alpha value is -3.90. The lowest BCUT2D eigenvalue weighted by molar-refractivity contribution is -0.138. The Morgan fingerprint density at radius 3 is 2.22 bits per heavy atom. The van der Waals surface area contributed by atoms with Crippen LogP contribution in [0.25, 0.3) is 0 Å². The van der Waals surface area contributed by atoms with E-state index in [0.717, 1.165) is 16.0 Å². The normalized spacial score (nSPS) is 13.5. The van der Waals surface area contributed by atoms with Crippen LogP contribution in [0, 0.1) is 6.92 Å². The molecule has 160 valence electrons. The summed E-state index contributed by atoms with van der Waals surface area (Å²) in [6.07, 6.45) is 0. The van der Waals surface area contributed by atoms with Crippen LogP contribution in [0.1, 0.15) is 21.5 Å². The Bertz CT molecular complexity index is 1200. The van der Waals surface area contributed by atoms with Crippen molar-refractivity contribution < 1.29 is 19.1 Å². The second-order valence-electron chi connectivity index (χ2n) is 7.28. The van der Waals surface area contributed by atoms with E-state index in [-0.39, 0.29) is 17.3 Å². The summed E-state index contributed by atoms with van der Waals surface area (Å²) in [5.74, 6) is -1.11. The van der Waals surface area contributed by atoms with E-state index in [1.807, 2.05) is 49.4 Å². The van der Waals surface area contributed by atoms with E-state index in [0.29, 0.717) is 17.0 Å². The van der Waals surface area contributed by atoms with Crippen LogP contribution in [0.15, 0.2) is 89.6 Å². The first kappa shape index (κ1) is 21.3. The van der Waals surface area contributed by atoms with Gasteiger partial charge in [-0.3, -0.25) is 14.5 Å². The van der Waals surface area contributed by atoms with E-state index >= 15 is 0 Å². The molecule has 0 aromatic heterocycles. The Morgan fingerprint density at radius 1 is 0.906 bits per heavy atom. The molecule has 0 fully saturated rings. The number of halogens is 1. The van der Waals surface area contributed by atoms with E-state index in [1.165, 1.54) is 0 Å². The molecule has 6 nitrogen and oxygen atoms in total. The van der Waals surface area contributed by atoms with Gasteiger partial charge in [0.15, 0.2) is 0 Å². The third kappa shape index (κ3) is 4.55. The molecule has 0 aliphatic carbocycles. The van der Waals surface area contributed by atoms with E-state index in [1.54, 1.807) is 36.4 Å². The van der Waals surface area contributed by atoms with Crippen LogP contribution in [-0.4, -0.2) is 22.7 Å². The summed E-state index contributed by atoms with van der Waals surface area (Å²) < 4.78 is 5.35. The number of nitrogens with one attached hydrogen (secondary N) is 1. The van der Waals surface area contributed by atoms with Crippen LogP contribution in [0.3, 0.4) is 0 Å².